The Labute approximate surface area is 129 Å². The van der Waals surface area contributed by atoms with Gasteiger partial charge < -0.3 is 10.1 Å². The van der Waals surface area contributed by atoms with Crippen molar-refractivity contribution < 1.29 is 9.53 Å². The molecule has 0 aliphatic carbocycles. The molecule has 0 saturated heterocycles. The first-order valence-corrected chi connectivity index (χ1v) is 7.02. The Balaban J connectivity index is 1.93. The number of hydrogen-bond donors (Lipinski definition) is 1. The summed E-state index contributed by atoms with van der Waals surface area (Å²) in [7, 11) is 0. The zero-order chi connectivity index (χ0) is 15.1. The summed E-state index contributed by atoms with van der Waals surface area (Å²) < 4.78 is 5.36. The maximum absolute atomic E-state index is 11.8. The topological polar surface area (TPSA) is 38.3 Å². The molecular weight excluding hydrogens is 286 g/mol. The van der Waals surface area contributed by atoms with Gasteiger partial charge in [-0.2, -0.15) is 0 Å². The van der Waals surface area contributed by atoms with Crippen LogP contribution >= 0.6 is 11.6 Å². The summed E-state index contributed by atoms with van der Waals surface area (Å²) >= 11 is 5.79. The zero-order valence-corrected chi connectivity index (χ0v) is 12.4. The molecule has 0 saturated carbocycles. The minimum Gasteiger partial charge on any atom is -0.494 e. The van der Waals surface area contributed by atoms with E-state index < -0.39 is 0 Å². The molecule has 4 heteroatoms. The van der Waals surface area contributed by atoms with Crippen LogP contribution in [0.5, 0.6) is 5.75 Å². The summed E-state index contributed by atoms with van der Waals surface area (Å²) in [6.45, 7) is 2.58. The van der Waals surface area contributed by atoms with Gasteiger partial charge in [0.05, 0.1) is 6.61 Å². The Bertz CT molecular complexity index is 618. The minimum atomic E-state index is -0.189. The highest BCUT2D eigenvalue weighted by Gasteiger charge is 1.98. The van der Waals surface area contributed by atoms with Gasteiger partial charge in [0, 0.05) is 16.8 Å². The third-order valence-corrected chi connectivity index (χ3v) is 2.98. The number of carbonyl (C=O) groups excluding carboxylic acids is 1. The van der Waals surface area contributed by atoms with Gasteiger partial charge in [0.1, 0.15) is 5.75 Å². The van der Waals surface area contributed by atoms with Crippen molar-refractivity contribution in [1.29, 1.82) is 0 Å². The van der Waals surface area contributed by atoms with Gasteiger partial charge in [-0.1, -0.05) is 23.7 Å². The Morgan fingerprint density at radius 3 is 2.43 bits per heavy atom. The van der Waals surface area contributed by atoms with Crippen molar-refractivity contribution in [2.24, 2.45) is 0 Å². The summed E-state index contributed by atoms with van der Waals surface area (Å²) in [5.41, 5.74) is 1.64. The fourth-order valence-corrected chi connectivity index (χ4v) is 1.86. The van der Waals surface area contributed by atoms with Crippen LogP contribution in [0.4, 0.5) is 5.69 Å². The molecule has 2 aromatic rings. The van der Waals surface area contributed by atoms with Crippen molar-refractivity contribution in [1.82, 2.24) is 0 Å². The number of ether oxygens (including phenoxy) is 1. The lowest BCUT2D eigenvalue weighted by atomic mass is 10.2. The number of halogens is 1. The maximum atomic E-state index is 11.8. The van der Waals surface area contributed by atoms with Crippen molar-refractivity contribution in [3.8, 4) is 5.75 Å². The first kappa shape index (κ1) is 15.1. The molecule has 3 nitrogen and oxygen atoms in total. The van der Waals surface area contributed by atoms with Gasteiger partial charge in [0.15, 0.2) is 0 Å². The maximum Gasteiger partial charge on any atom is 0.248 e. The highest BCUT2D eigenvalue weighted by Crippen LogP contribution is 2.14. The predicted molar refractivity (Wildman–Crippen MR) is 86.7 cm³/mol. The molecule has 21 heavy (non-hydrogen) atoms. The quantitative estimate of drug-likeness (QED) is 0.832. The summed E-state index contributed by atoms with van der Waals surface area (Å²) in [5.74, 6) is 0.631. The van der Waals surface area contributed by atoms with Crippen molar-refractivity contribution in [2.45, 2.75) is 6.92 Å². The van der Waals surface area contributed by atoms with E-state index in [0.29, 0.717) is 17.3 Å². The fourth-order valence-electron chi connectivity index (χ4n) is 1.73. The van der Waals surface area contributed by atoms with Crippen LogP contribution in [0, 0.1) is 0 Å². The highest BCUT2D eigenvalue weighted by atomic mass is 35.5. The second-order valence-electron chi connectivity index (χ2n) is 4.33. The number of anilines is 1. The van der Waals surface area contributed by atoms with Crippen LogP contribution in [0.3, 0.4) is 0 Å². The van der Waals surface area contributed by atoms with E-state index in [4.69, 9.17) is 16.3 Å². The van der Waals surface area contributed by atoms with Crippen molar-refractivity contribution in [3.63, 3.8) is 0 Å². The lowest BCUT2D eigenvalue weighted by Gasteiger charge is -2.03. The number of benzene rings is 2. The first-order chi connectivity index (χ1) is 10.2. The molecule has 1 amide bonds. The van der Waals surface area contributed by atoms with Crippen LogP contribution in [0.15, 0.2) is 54.6 Å². The molecule has 0 aromatic heterocycles. The van der Waals surface area contributed by atoms with Gasteiger partial charge >= 0.3 is 0 Å². The van der Waals surface area contributed by atoms with Crippen molar-refractivity contribution in [2.75, 3.05) is 11.9 Å². The summed E-state index contributed by atoms with van der Waals surface area (Å²) in [5, 5.41) is 3.40. The summed E-state index contributed by atoms with van der Waals surface area (Å²) in [4.78, 5) is 11.8. The largest absolute Gasteiger partial charge is 0.494 e. The smallest absolute Gasteiger partial charge is 0.248 e. The fraction of sp³-hybridized carbons (Fsp3) is 0.118. The highest BCUT2D eigenvalue weighted by molar-refractivity contribution is 6.30. The third kappa shape index (κ3) is 4.97. The molecule has 0 aliphatic heterocycles. The predicted octanol–water partition coefficient (Wildman–Crippen LogP) is 4.39. The first-order valence-electron chi connectivity index (χ1n) is 6.65. The van der Waals surface area contributed by atoms with Crippen LogP contribution in [0.2, 0.25) is 5.02 Å². The molecule has 2 rings (SSSR count). The minimum absolute atomic E-state index is 0.189. The van der Waals surface area contributed by atoms with E-state index in [1.807, 2.05) is 31.2 Å². The second kappa shape index (κ2) is 7.50. The zero-order valence-electron chi connectivity index (χ0n) is 11.7. The Morgan fingerprint density at radius 2 is 1.81 bits per heavy atom. The Hall–Kier alpha value is -2.26. The Morgan fingerprint density at radius 1 is 1.14 bits per heavy atom. The number of carbonyl (C=O) groups is 1. The van der Waals surface area contributed by atoms with Gasteiger partial charge in [-0.3, -0.25) is 4.79 Å². The van der Waals surface area contributed by atoms with Gasteiger partial charge in [0.2, 0.25) is 5.91 Å². The average molecular weight is 302 g/mol. The summed E-state index contributed by atoms with van der Waals surface area (Å²) in [6, 6.07) is 14.5. The van der Waals surface area contributed by atoms with Crippen molar-refractivity contribution >= 4 is 29.3 Å². The molecule has 0 atom stereocenters. The molecule has 108 valence electrons. The molecule has 0 spiro atoms. The van der Waals surface area contributed by atoms with E-state index >= 15 is 0 Å². The number of rotatable bonds is 5. The molecule has 0 unspecified atom stereocenters. The normalized spacial score (nSPS) is 10.6. The van der Waals surface area contributed by atoms with Gasteiger partial charge in [-0.15, -0.1) is 0 Å². The van der Waals surface area contributed by atoms with E-state index in [1.54, 1.807) is 30.3 Å². The van der Waals surface area contributed by atoms with Gasteiger partial charge in [-0.05, 0) is 55.0 Å². The van der Waals surface area contributed by atoms with Crippen LogP contribution in [-0.2, 0) is 4.79 Å². The van der Waals surface area contributed by atoms with Crippen LogP contribution in [0.1, 0.15) is 12.5 Å². The third-order valence-electron chi connectivity index (χ3n) is 2.73. The molecule has 2 aromatic carbocycles. The van der Waals surface area contributed by atoms with Crippen LogP contribution < -0.4 is 10.1 Å². The molecule has 0 bridgehead atoms. The SMILES string of the molecule is CCOc1ccc(C=CC(=O)Nc2ccc(Cl)cc2)cc1. The molecule has 0 heterocycles. The second-order valence-corrected chi connectivity index (χ2v) is 4.77. The molecule has 0 aliphatic rings. The molecular formula is C17H16ClNO2. The monoisotopic (exact) mass is 301 g/mol. The van der Waals surface area contributed by atoms with Crippen molar-refractivity contribution in [3.05, 3.63) is 65.2 Å². The number of hydrogen-bond acceptors (Lipinski definition) is 2. The number of amides is 1. The molecule has 0 radical (unpaired) electrons. The summed E-state index contributed by atoms with van der Waals surface area (Å²) in [6.07, 6.45) is 3.24. The lowest BCUT2D eigenvalue weighted by Crippen LogP contribution is -2.07. The molecule has 1 N–H and O–H groups in total. The average Bonchev–Trinajstić information content (AvgIpc) is 2.49. The Kier molecular flexibility index (Phi) is 5.41. The lowest BCUT2D eigenvalue weighted by molar-refractivity contribution is -0.111. The standard InChI is InChI=1S/C17H16ClNO2/c1-2-21-16-10-3-13(4-11-16)5-12-17(20)19-15-8-6-14(18)7-9-15/h3-12H,2H2,1H3,(H,19,20). The van der Waals surface area contributed by atoms with E-state index in [1.165, 1.54) is 6.08 Å². The van der Waals surface area contributed by atoms with E-state index in [0.717, 1.165) is 11.3 Å². The van der Waals surface area contributed by atoms with Crippen LogP contribution in [0.25, 0.3) is 6.08 Å². The van der Waals surface area contributed by atoms with E-state index in [9.17, 15) is 4.79 Å². The van der Waals surface area contributed by atoms with Gasteiger partial charge in [0.25, 0.3) is 0 Å². The van der Waals surface area contributed by atoms with E-state index in [2.05, 4.69) is 5.32 Å². The van der Waals surface area contributed by atoms with Gasteiger partial charge in [-0.25, -0.2) is 0 Å². The number of nitrogens with one attached hydrogen (secondary N) is 1. The van der Waals surface area contributed by atoms with E-state index in [-0.39, 0.29) is 5.91 Å². The molecule has 0 fully saturated rings. The van der Waals surface area contributed by atoms with Crippen LogP contribution in [-0.4, -0.2) is 12.5 Å².